The van der Waals surface area contributed by atoms with E-state index in [1.54, 1.807) is 26.2 Å². The van der Waals surface area contributed by atoms with Crippen LogP contribution in [0.15, 0.2) is 24.3 Å². The SMILES string of the molecule is COC[C@@H](Cc1ccc(F)cc1)[C@H](C)OC(=O)[C@H](C)N. The minimum Gasteiger partial charge on any atom is -0.461 e. The van der Waals surface area contributed by atoms with Crippen LogP contribution in [-0.2, 0) is 20.7 Å². The number of esters is 1. The zero-order valence-corrected chi connectivity index (χ0v) is 12.1. The van der Waals surface area contributed by atoms with Gasteiger partial charge in [-0.05, 0) is 38.0 Å². The van der Waals surface area contributed by atoms with Crippen LogP contribution in [0.5, 0.6) is 0 Å². The van der Waals surface area contributed by atoms with Gasteiger partial charge in [-0.3, -0.25) is 4.79 Å². The number of benzene rings is 1. The molecule has 0 aliphatic heterocycles. The number of hydrogen-bond acceptors (Lipinski definition) is 4. The van der Waals surface area contributed by atoms with E-state index in [0.717, 1.165) is 5.56 Å². The monoisotopic (exact) mass is 283 g/mol. The van der Waals surface area contributed by atoms with Crippen LogP contribution >= 0.6 is 0 Å². The smallest absolute Gasteiger partial charge is 0.322 e. The van der Waals surface area contributed by atoms with E-state index < -0.39 is 12.0 Å². The molecule has 0 saturated carbocycles. The molecular weight excluding hydrogens is 261 g/mol. The number of halogens is 1. The van der Waals surface area contributed by atoms with Crippen LogP contribution in [-0.4, -0.2) is 31.8 Å². The summed E-state index contributed by atoms with van der Waals surface area (Å²) in [7, 11) is 1.59. The Hall–Kier alpha value is -1.46. The van der Waals surface area contributed by atoms with Gasteiger partial charge in [-0.2, -0.15) is 0 Å². The largest absolute Gasteiger partial charge is 0.461 e. The molecule has 0 heterocycles. The number of carbonyl (C=O) groups is 1. The Bertz CT molecular complexity index is 420. The van der Waals surface area contributed by atoms with Gasteiger partial charge in [-0.25, -0.2) is 4.39 Å². The summed E-state index contributed by atoms with van der Waals surface area (Å²) in [6.07, 6.45) is 0.320. The molecule has 0 fully saturated rings. The fraction of sp³-hybridized carbons (Fsp3) is 0.533. The third kappa shape index (κ3) is 5.27. The molecule has 20 heavy (non-hydrogen) atoms. The lowest BCUT2D eigenvalue weighted by atomic mass is 9.95. The molecule has 0 bridgehead atoms. The van der Waals surface area contributed by atoms with Crippen LogP contribution < -0.4 is 5.73 Å². The average Bonchev–Trinajstić information content (AvgIpc) is 2.40. The van der Waals surface area contributed by atoms with Crippen molar-refractivity contribution >= 4 is 5.97 Å². The molecule has 0 aliphatic rings. The van der Waals surface area contributed by atoms with Crippen molar-refractivity contribution in [3.63, 3.8) is 0 Å². The van der Waals surface area contributed by atoms with Crippen LogP contribution in [0.25, 0.3) is 0 Å². The average molecular weight is 283 g/mol. The van der Waals surface area contributed by atoms with Crippen molar-refractivity contribution in [3.05, 3.63) is 35.6 Å². The molecule has 112 valence electrons. The van der Waals surface area contributed by atoms with Gasteiger partial charge in [0, 0.05) is 13.0 Å². The Morgan fingerprint density at radius 1 is 1.30 bits per heavy atom. The van der Waals surface area contributed by atoms with Gasteiger partial charge in [-0.1, -0.05) is 12.1 Å². The van der Waals surface area contributed by atoms with E-state index in [1.807, 2.05) is 6.92 Å². The third-order valence-electron chi connectivity index (χ3n) is 3.13. The zero-order valence-electron chi connectivity index (χ0n) is 12.1. The van der Waals surface area contributed by atoms with Crippen LogP contribution in [0.4, 0.5) is 4.39 Å². The molecular formula is C15H22FNO3. The molecule has 0 spiro atoms. The van der Waals surface area contributed by atoms with Crippen molar-refractivity contribution in [3.8, 4) is 0 Å². The summed E-state index contributed by atoms with van der Waals surface area (Å²) in [6, 6.07) is 5.62. The Balaban J connectivity index is 2.67. The standard InChI is InChI=1S/C15H22FNO3/c1-10(17)15(18)20-11(2)13(9-19-3)8-12-4-6-14(16)7-5-12/h4-7,10-11,13H,8-9,17H2,1-3H3/t10-,11-,13+/m0/s1. The first-order valence-corrected chi connectivity index (χ1v) is 6.63. The van der Waals surface area contributed by atoms with Crippen molar-refractivity contribution in [2.45, 2.75) is 32.4 Å². The lowest BCUT2D eigenvalue weighted by Gasteiger charge is -2.24. The molecule has 0 aromatic heterocycles. The molecule has 1 aromatic carbocycles. The Morgan fingerprint density at radius 2 is 1.90 bits per heavy atom. The molecule has 1 rings (SSSR count). The summed E-state index contributed by atoms with van der Waals surface area (Å²) in [5.74, 6) is -0.709. The molecule has 3 atom stereocenters. The van der Waals surface area contributed by atoms with E-state index in [0.29, 0.717) is 13.0 Å². The van der Waals surface area contributed by atoms with E-state index >= 15 is 0 Å². The summed E-state index contributed by atoms with van der Waals surface area (Å²) in [5.41, 5.74) is 6.45. The minimum absolute atomic E-state index is 0.00633. The fourth-order valence-electron chi connectivity index (χ4n) is 1.88. The van der Waals surface area contributed by atoms with E-state index in [-0.39, 0.29) is 17.8 Å². The Morgan fingerprint density at radius 3 is 2.40 bits per heavy atom. The Kier molecular flexibility index (Phi) is 6.61. The number of methoxy groups -OCH3 is 1. The Labute approximate surface area is 119 Å². The first kappa shape index (κ1) is 16.6. The van der Waals surface area contributed by atoms with Crippen LogP contribution in [0, 0.1) is 11.7 Å². The maximum Gasteiger partial charge on any atom is 0.322 e. The van der Waals surface area contributed by atoms with Crippen molar-refractivity contribution in [2.24, 2.45) is 11.7 Å². The quantitative estimate of drug-likeness (QED) is 0.776. The molecule has 0 unspecified atom stereocenters. The molecule has 0 amide bonds. The van der Waals surface area contributed by atoms with E-state index in [4.69, 9.17) is 15.2 Å². The molecule has 0 aliphatic carbocycles. The van der Waals surface area contributed by atoms with Crippen molar-refractivity contribution < 1.29 is 18.7 Å². The normalized spacial score (nSPS) is 15.4. The van der Waals surface area contributed by atoms with Gasteiger partial charge in [0.05, 0.1) is 6.61 Å². The summed E-state index contributed by atoms with van der Waals surface area (Å²) in [5, 5.41) is 0. The summed E-state index contributed by atoms with van der Waals surface area (Å²) < 4.78 is 23.4. The van der Waals surface area contributed by atoms with Crippen molar-refractivity contribution in [1.29, 1.82) is 0 Å². The lowest BCUT2D eigenvalue weighted by Crippen LogP contribution is -2.35. The highest BCUT2D eigenvalue weighted by Gasteiger charge is 2.23. The van der Waals surface area contributed by atoms with Gasteiger partial charge in [0.15, 0.2) is 0 Å². The van der Waals surface area contributed by atoms with E-state index in [2.05, 4.69) is 0 Å². The molecule has 0 saturated heterocycles. The van der Waals surface area contributed by atoms with Crippen LogP contribution in [0.3, 0.4) is 0 Å². The van der Waals surface area contributed by atoms with Gasteiger partial charge >= 0.3 is 5.97 Å². The summed E-state index contributed by atoms with van der Waals surface area (Å²) >= 11 is 0. The van der Waals surface area contributed by atoms with Gasteiger partial charge in [0.1, 0.15) is 18.0 Å². The number of ether oxygens (including phenoxy) is 2. The predicted molar refractivity (Wildman–Crippen MR) is 74.7 cm³/mol. The highest BCUT2D eigenvalue weighted by molar-refractivity contribution is 5.75. The maximum atomic E-state index is 12.9. The third-order valence-corrected chi connectivity index (χ3v) is 3.13. The number of hydrogen-bond donors (Lipinski definition) is 1. The number of nitrogens with two attached hydrogens (primary N) is 1. The molecule has 5 heteroatoms. The fourth-order valence-corrected chi connectivity index (χ4v) is 1.88. The lowest BCUT2D eigenvalue weighted by molar-refractivity contribution is -0.152. The van der Waals surface area contributed by atoms with E-state index in [9.17, 15) is 9.18 Å². The molecule has 4 nitrogen and oxygen atoms in total. The summed E-state index contributed by atoms with van der Waals surface area (Å²) in [6.45, 7) is 3.85. The van der Waals surface area contributed by atoms with Gasteiger partial charge in [0.25, 0.3) is 0 Å². The number of rotatable bonds is 7. The summed E-state index contributed by atoms with van der Waals surface area (Å²) in [4.78, 5) is 11.5. The molecule has 0 radical (unpaired) electrons. The first-order valence-electron chi connectivity index (χ1n) is 6.63. The van der Waals surface area contributed by atoms with Crippen LogP contribution in [0.2, 0.25) is 0 Å². The van der Waals surface area contributed by atoms with Crippen LogP contribution in [0.1, 0.15) is 19.4 Å². The number of carbonyl (C=O) groups excluding carboxylic acids is 1. The van der Waals surface area contributed by atoms with E-state index in [1.165, 1.54) is 12.1 Å². The van der Waals surface area contributed by atoms with Crippen molar-refractivity contribution in [2.75, 3.05) is 13.7 Å². The first-order chi connectivity index (χ1) is 9.43. The van der Waals surface area contributed by atoms with Gasteiger partial charge in [-0.15, -0.1) is 0 Å². The van der Waals surface area contributed by atoms with Gasteiger partial charge in [0.2, 0.25) is 0 Å². The highest BCUT2D eigenvalue weighted by Crippen LogP contribution is 2.16. The predicted octanol–water partition coefficient (Wildman–Crippen LogP) is 1.91. The minimum atomic E-state index is -0.647. The topological polar surface area (TPSA) is 61.5 Å². The zero-order chi connectivity index (χ0) is 15.1. The van der Waals surface area contributed by atoms with Gasteiger partial charge < -0.3 is 15.2 Å². The molecule has 1 aromatic rings. The second-order valence-corrected chi connectivity index (χ2v) is 4.98. The maximum absolute atomic E-state index is 12.9. The highest BCUT2D eigenvalue weighted by atomic mass is 19.1. The second-order valence-electron chi connectivity index (χ2n) is 4.98. The molecule has 2 N–H and O–H groups in total. The second kappa shape index (κ2) is 7.97. The van der Waals surface area contributed by atoms with Crippen molar-refractivity contribution in [1.82, 2.24) is 0 Å².